The van der Waals surface area contributed by atoms with Crippen LogP contribution in [0, 0.1) is 0 Å². The van der Waals surface area contributed by atoms with E-state index in [4.69, 9.17) is 0 Å². The maximum Gasteiger partial charge on any atom is 0.222 e. The van der Waals surface area contributed by atoms with Gasteiger partial charge in [0.05, 0.1) is 21.5 Å². The van der Waals surface area contributed by atoms with Gasteiger partial charge in [-0.3, -0.25) is 0 Å². The molecule has 0 saturated carbocycles. The summed E-state index contributed by atoms with van der Waals surface area (Å²) in [7, 11) is 0. The molecule has 4 aromatic rings. The summed E-state index contributed by atoms with van der Waals surface area (Å²) in [4.78, 5) is 0. The molecule has 92 valence electrons. The van der Waals surface area contributed by atoms with Gasteiger partial charge in [-0.15, -0.1) is 0 Å². The maximum atomic E-state index is 2.40. The predicted molar refractivity (Wildman–Crippen MR) is 77.6 cm³/mol. The van der Waals surface area contributed by atoms with Crippen LogP contribution in [-0.2, 0) is 13.1 Å². The zero-order valence-electron chi connectivity index (χ0n) is 10.9. The molecule has 2 nitrogen and oxygen atoms in total. The van der Waals surface area contributed by atoms with Crippen molar-refractivity contribution in [1.29, 1.82) is 0 Å². The molecule has 0 atom stereocenters. The Morgan fingerprint density at radius 1 is 0.650 bits per heavy atom. The van der Waals surface area contributed by atoms with Crippen molar-refractivity contribution in [3.05, 3.63) is 59.9 Å². The first kappa shape index (κ1) is 9.43. The second-order valence-corrected chi connectivity index (χ2v) is 5.93. The largest absolute Gasteiger partial charge is 0.222 e. The van der Waals surface area contributed by atoms with E-state index in [-0.39, 0.29) is 0 Å². The van der Waals surface area contributed by atoms with Gasteiger partial charge in [-0.2, -0.15) is 9.13 Å². The molecule has 0 amide bonds. The molecule has 0 aliphatic carbocycles. The predicted octanol–water partition coefficient (Wildman–Crippen LogP) is 2.44. The lowest BCUT2D eigenvalue weighted by molar-refractivity contribution is -0.659. The number of hydrogen-bond acceptors (Lipinski definition) is 0. The molecular weight excluding hydrogens is 244 g/mol. The molecular formula is C18H12N2+2. The number of nitrogens with zero attached hydrogens (tertiary/aromatic N) is 2. The number of aromatic nitrogens is 2. The molecule has 0 radical (unpaired) electrons. The van der Waals surface area contributed by atoms with E-state index in [1.807, 2.05) is 0 Å². The Morgan fingerprint density at radius 3 is 1.65 bits per heavy atom. The van der Waals surface area contributed by atoms with E-state index in [1.165, 1.54) is 43.7 Å². The van der Waals surface area contributed by atoms with Crippen LogP contribution < -0.4 is 9.13 Å². The molecule has 2 aliphatic heterocycles. The molecule has 20 heavy (non-hydrogen) atoms. The molecule has 0 bridgehead atoms. The van der Waals surface area contributed by atoms with Crippen LogP contribution in [0.4, 0.5) is 0 Å². The van der Waals surface area contributed by atoms with Crippen molar-refractivity contribution >= 4 is 32.6 Å². The van der Waals surface area contributed by atoms with Gasteiger partial charge in [0.15, 0.2) is 25.5 Å². The molecule has 0 unspecified atom stereocenters. The van der Waals surface area contributed by atoms with Crippen LogP contribution in [-0.4, -0.2) is 0 Å². The van der Waals surface area contributed by atoms with Crippen LogP contribution in [0.2, 0.25) is 0 Å². The third-order valence-corrected chi connectivity index (χ3v) is 4.97. The van der Waals surface area contributed by atoms with Crippen molar-refractivity contribution in [2.24, 2.45) is 0 Å². The maximum absolute atomic E-state index is 2.40. The SMILES string of the molecule is c1cc2c3ccc[n+]4c3c3c(ccc5c3c2[n+](c1)C5)C4. The van der Waals surface area contributed by atoms with Gasteiger partial charge < -0.3 is 0 Å². The van der Waals surface area contributed by atoms with Gasteiger partial charge in [-0.05, 0) is 12.1 Å². The Labute approximate surface area is 115 Å². The summed E-state index contributed by atoms with van der Waals surface area (Å²) in [5, 5.41) is 5.76. The fourth-order valence-corrected chi connectivity index (χ4v) is 4.22. The van der Waals surface area contributed by atoms with Crippen LogP contribution in [0.5, 0.6) is 0 Å². The van der Waals surface area contributed by atoms with Gasteiger partial charge in [0, 0.05) is 23.3 Å². The highest BCUT2D eigenvalue weighted by Gasteiger charge is 2.34. The first-order valence-electron chi connectivity index (χ1n) is 7.12. The molecule has 2 aromatic heterocycles. The summed E-state index contributed by atoms with van der Waals surface area (Å²) in [6.07, 6.45) is 4.42. The quantitative estimate of drug-likeness (QED) is 0.291. The van der Waals surface area contributed by atoms with E-state index in [0.29, 0.717) is 0 Å². The van der Waals surface area contributed by atoms with Gasteiger partial charge in [0.2, 0.25) is 11.0 Å². The van der Waals surface area contributed by atoms with Crippen molar-refractivity contribution in [3.8, 4) is 0 Å². The van der Waals surface area contributed by atoms with Crippen molar-refractivity contribution in [2.75, 3.05) is 0 Å². The van der Waals surface area contributed by atoms with Crippen molar-refractivity contribution in [3.63, 3.8) is 0 Å². The highest BCUT2D eigenvalue weighted by Crippen LogP contribution is 2.39. The lowest BCUT2D eigenvalue weighted by Gasteiger charge is -2.00. The molecule has 6 rings (SSSR count). The van der Waals surface area contributed by atoms with E-state index in [9.17, 15) is 0 Å². The number of fused-ring (bicyclic) bond motifs is 1. The fourth-order valence-electron chi connectivity index (χ4n) is 4.22. The third-order valence-electron chi connectivity index (χ3n) is 4.97. The molecule has 0 fully saturated rings. The average Bonchev–Trinajstić information content (AvgIpc) is 3.03. The molecule has 2 heteroatoms. The Morgan fingerprint density at radius 2 is 1.15 bits per heavy atom. The molecule has 2 aromatic carbocycles. The second kappa shape index (κ2) is 2.83. The van der Waals surface area contributed by atoms with Gasteiger partial charge in [-0.1, -0.05) is 12.1 Å². The molecule has 0 spiro atoms. The lowest BCUT2D eigenvalue weighted by Crippen LogP contribution is -2.32. The summed E-state index contributed by atoms with van der Waals surface area (Å²) in [6.45, 7) is 2.03. The third kappa shape index (κ3) is 0.837. The number of rotatable bonds is 0. The van der Waals surface area contributed by atoms with Crippen LogP contribution in [0.1, 0.15) is 11.1 Å². The molecule has 4 heterocycles. The standard InChI is InChI=1S/C18H12N2/c1-3-13-14-4-2-8-20-10-12-6-5-11-9-19(7-1)17(13)15(11)16(12)18(14)20/h1-8H,9-10H2/q+2. The fraction of sp³-hybridized carbons (Fsp3) is 0.111. The zero-order chi connectivity index (χ0) is 12.8. The van der Waals surface area contributed by atoms with Crippen LogP contribution >= 0.6 is 0 Å². The van der Waals surface area contributed by atoms with Crippen LogP contribution in [0.25, 0.3) is 32.6 Å². The number of benzene rings is 2. The summed E-state index contributed by atoms with van der Waals surface area (Å²) >= 11 is 0. The Balaban J connectivity index is 2.15. The van der Waals surface area contributed by atoms with E-state index in [0.717, 1.165) is 13.1 Å². The molecule has 0 N–H and O–H groups in total. The Bertz CT molecular complexity index is 1000. The normalized spacial score (nSPS) is 14.6. The summed E-state index contributed by atoms with van der Waals surface area (Å²) < 4.78 is 4.80. The molecule has 0 saturated heterocycles. The second-order valence-electron chi connectivity index (χ2n) is 5.93. The van der Waals surface area contributed by atoms with Crippen molar-refractivity contribution < 1.29 is 9.13 Å². The van der Waals surface area contributed by atoms with Crippen molar-refractivity contribution in [1.82, 2.24) is 0 Å². The zero-order valence-corrected chi connectivity index (χ0v) is 10.9. The number of hydrogen-bond donors (Lipinski definition) is 0. The van der Waals surface area contributed by atoms with Crippen molar-refractivity contribution in [2.45, 2.75) is 13.1 Å². The van der Waals surface area contributed by atoms with Gasteiger partial charge >= 0.3 is 0 Å². The monoisotopic (exact) mass is 256 g/mol. The first-order valence-corrected chi connectivity index (χ1v) is 7.12. The van der Waals surface area contributed by atoms with E-state index < -0.39 is 0 Å². The minimum Gasteiger partial charge on any atom is -0.193 e. The van der Waals surface area contributed by atoms with Crippen LogP contribution in [0.15, 0.2) is 48.8 Å². The minimum atomic E-state index is 1.01. The lowest BCUT2D eigenvalue weighted by atomic mass is 9.97. The number of pyridine rings is 2. The molecule has 2 aliphatic rings. The highest BCUT2D eigenvalue weighted by molar-refractivity contribution is 6.23. The Kier molecular flexibility index (Phi) is 1.33. The van der Waals surface area contributed by atoms with Gasteiger partial charge in [0.25, 0.3) is 0 Å². The smallest absolute Gasteiger partial charge is 0.193 e. The summed E-state index contributed by atoms with van der Waals surface area (Å²) in [5.74, 6) is 0. The minimum absolute atomic E-state index is 1.01. The van der Waals surface area contributed by atoms with Gasteiger partial charge in [0.1, 0.15) is 0 Å². The highest BCUT2D eigenvalue weighted by atomic mass is 15.0. The van der Waals surface area contributed by atoms with Gasteiger partial charge in [-0.25, -0.2) is 0 Å². The topological polar surface area (TPSA) is 7.76 Å². The summed E-state index contributed by atoms with van der Waals surface area (Å²) in [6, 6.07) is 13.5. The Hall–Kier alpha value is -2.48. The van der Waals surface area contributed by atoms with E-state index >= 15 is 0 Å². The van der Waals surface area contributed by atoms with E-state index in [1.54, 1.807) is 0 Å². The van der Waals surface area contributed by atoms with E-state index in [2.05, 4.69) is 57.9 Å². The van der Waals surface area contributed by atoms with Crippen LogP contribution in [0.3, 0.4) is 0 Å². The first-order chi connectivity index (χ1) is 9.92. The summed E-state index contributed by atoms with van der Waals surface area (Å²) in [5.41, 5.74) is 5.79. The average molecular weight is 256 g/mol.